The fourth-order valence-corrected chi connectivity index (χ4v) is 3.94. The van der Waals surface area contributed by atoms with E-state index in [1.807, 2.05) is 25.1 Å². The highest BCUT2D eigenvalue weighted by molar-refractivity contribution is 6.39. The van der Waals surface area contributed by atoms with E-state index in [-0.39, 0.29) is 12.8 Å². The molecular formula is C21H20N4O6. The van der Waals surface area contributed by atoms with Crippen molar-refractivity contribution in [2.24, 2.45) is 0 Å². The topological polar surface area (TPSA) is 117 Å². The summed E-state index contributed by atoms with van der Waals surface area (Å²) >= 11 is 0. The number of anilines is 2. The van der Waals surface area contributed by atoms with Crippen molar-refractivity contribution in [1.29, 1.82) is 0 Å². The van der Waals surface area contributed by atoms with E-state index < -0.39 is 17.6 Å². The molecule has 0 aliphatic carbocycles. The first-order chi connectivity index (χ1) is 15.0. The predicted octanol–water partition coefficient (Wildman–Crippen LogP) is 1.53. The van der Waals surface area contributed by atoms with Gasteiger partial charge in [0.2, 0.25) is 6.79 Å². The quantitative estimate of drug-likeness (QED) is 0.599. The van der Waals surface area contributed by atoms with E-state index in [9.17, 15) is 14.4 Å². The Morgan fingerprint density at radius 2 is 1.94 bits per heavy atom. The van der Waals surface area contributed by atoms with Crippen LogP contribution < -0.4 is 25.4 Å². The summed E-state index contributed by atoms with van der Waals surface area (Å²) in [7, 11) is 0. The average Bonchev–Trinajstić information content (AvgIpc) is 3.37. The number of carbonyl (C=O) groups excluding carboxylic acids is 2. The number of aromatic nitrogens is 1. The number of oxazole rings is 1. The van der Waals surface area contributed by atoms with Crippen LogP contribution in [0.15, 0.2) is 45.6 Å². The van der Waals surface area contributed by atoms with Gasteiger partial charge in [-0.1, -0.05) is 0 Å². The molecule has 1 saturated heterocycles. The average molecular weight is 424 g/mol. The molecule has 2 N–H and O–H groups in total. The molecular weight excluding hydrogens is 404 g/mol. The highest BCUT2D eigenvalue weighted by Gasteiger charge is 2.31. The minimum atomic E-state index is -0.735. The zero-order valence-corrected chi connectivity index (χ0v) is 16.7. The third-order valence-corrected chi connectivity index (χ3v) is 5.48. The van der Waals surface area contributed by atoms with Gasteiger partial charge in [-0.15, -0.1) is 0 Å². The van der Waals surface area contributed by atoms with Crippen LogP contribution in [0.25, 0.3) is 11.1 Å². The lowest BCUT2D eigenvalue weighted by atomic mass is 10.1. The summed E-state index contributed by atoms with van der Waals surface area (Å²) < 4.78 is 15.8. The summed E-state index contributed by atoms with van der Waals surface area (Å²) in [6, 6.07) is 10.5. The van der Waals surface area contributed by atoms with Crippen LogP contribution in [0.5, 0.6) is 11.5 Å². The highest BCUT2D eigenvalue weighted by Crippen LogP contribution is 2.36. The molecule has 0 spiro atoms. The number of rotatable bonds is 2. The first-order valence-corrected chi connectivity index (χ1v) is 9.87. The number of nitrogens with zero attached hydrogens (tertiary/aromatic N) is 2. The molecule has 1 fully saturated rings. The van der Waals surface area contributed by atoms with E-state index in [0.29, 0.717) is 42.2 Å². The fourth-order valence-electron chi connectivity index (χ4n) is 3.94. The Kier molecular flexibility index (Phi) is 4.54. The number of hydrogen-bond acceptors (Lipinski definition) is 7. The van der Waals surface area contributed by atoms with Gasteiger partial charge >= 0.3 is 17.6 Å². The number of amides is 2. The van der Waals surface area contributed by atoms with Crippen molar-refractivity contribution in [3.05, 3.63) is 46.9 Å². The summed E-state index contributed by atoms with van der Waals surface area (Å²) in [5, 5.41) is 2.58. The minimum absolute atomic E-state index is 0.0105. The van der Waals surface area contributed by atoms with Gasteiger partial charge < -0.3 is 29.0 Å². The smallest absolute Gasteiger partial charge is 0.417 e. The van der Waals surface area contributed by atoms with Gasteiger partial charge in [0.1, 0.15) is 0 Å². The zero-order valence-electron chi connectivity index (χ0n) is 16.7. The van der Waals surface area contributed by atoms with Gasteiger partial charge in [-0.05, 0) is 31.2 Å². The monoisotopic (exact) mass is 424 g/mol. The molecule has 2 aliphatic rings. The van der Waals surface area contributed by atoms with Crippen LogP contribution in [0, 0.1) is 0 Å². The van der Waals surface area contributed by atoms with Crippen molar-refractivity contribution in [2.45, 2.75) is 13.0 Å². The van der Waals surface area contributed by atoms with E-state index in [4.69, 9.17) is 13.9 Å². The van der Waals surface area contributed by atoms with Gasteiger partial charge in [0.05, 0.1) is 5.52 Å². The SMILES string of the molecule is C[C@@H]1CN(C(=O)C(=O)Nc2ccc3[nH]c(=O)oc3c2)CCN1c1ccc2c(c1)OCO2. The van der Waals surface area contributed by atoms with E-state index in [2.05, 4.69) is 15.2 Å². The Balaban J connectivity index is 1.24. The minimum Gasteiger partial charge on any atom is -0.454 e. The lowest BCUT2D eigenvalue weighted by molar-refractivity contribution is -0.143. The molecule has 3 heterocycles. The largest absolute Gasteiger partial charge is 0.454 e. The van der Waals surface area contributed by atoms with E-state index in [1.54, 1.807) is 17.0 Å². The zero-order chi connectivity index (χ0) is 21.5. The lowest BCUT2D eigenvalue weighted by Crippen LogP contribution is -2.55. The van der Waals surface area contributed by atoms with Crippen LogP contribution >= 0.6 is 0 Å². The number of H-pyrrole nitrogens is 1. The van der Waals surface area contributed by atoms with Gasteiger partial charge in [-0.3, -0.25) is 14.6 Å². The van der Waals surface area contributed by atoms with Crippen molar-refractivity contribution in [3.63, 3.8) is 0 Å². The number of fused-ring (bicyclic) bond motifs is 2. The molecule has 5 rings (SSSR count). The maximum atomic E-state index is 12.7. The molecule has 2 aliphatic heterocycles. The second-order valence-corrected chi connectivity index (χ2v) is 7.51. The first kappa shape index (κ1) is 19.0. The summed E-state index contributed by atoms with van der Waals surface area (Å²) in [5.41, 5.74) is 2.18. The molecule has 2 amide bonds. The normalized spacial score (nSPS) is 17.8. The van der Waals surface area contributed by atoms with Crippen molar-refractivity contribution in [3.8, 4) is 11.5 Å². The van der Waals surface area contributed by atoms with Gasteiger partial charge in [0, 0.05) is 49.2 Å². The van der Waals surface area contributed by atoms with Crippen LogP contribution in [0.2, 0.25) is 0 Å². The molecule has 3 aromatic rings. The molecule has 0 bridgehead atoms. The third-order valence-electron chi connectivity index (χ3n) is 5.48. The van der Waals surface area contributed by atoms with Gasteiger partial charge in [-0.25, -0.2) is 4.79 Å². The highest BCUT2D eigenvalue weighted by atomic mass is 16.7. The van der Waals surface area contributed by atoms with Crippen LogP contribution in [0.3, 0.4) is 0 Å². The molecule has 1 atom stereocenters. The second-order valence-electron chi connectivity index (χ2n) is 7.51. The molecule has 1 aromatic heterocycles. The van der Waals surface area contributed by atoms with Crippen molar-refractivity contribution < 1.29 is 23.5 Å². The van der Waals surface area contributed by atoms with E-state index in [0.717, 1.165) is 11.4 Å². The summed E-state index contributed by atoms with van der Waals surface area (Å²) in [6.07, 6.45) is 0. The standard InChI is InChI=1S/C21H20N4O6/c1-12-10-24(6-7-25(12)14-3-5-16-18(9-14)30-11-29-16)20(27)19(26)22-13-2-4-15-17(8-13)31-21(28)23-15/h2-5,8-9,12H,6-7,10-11H2,1H3,(H,22,26)(H,23,28)/t12-/m1/s1. The first-order valence-electron chi connectivity index (χ1n) is 9.87. The van der Waals surface area contributed by atoms with E-state index >= 15 is 0 Å². The molecule has 0 unspecified atom stereocenters. The van der Waals surface area contributed by atoms with Gasteiger partial charge in [-0.2, -0.15) is 0 Å². The lowest BCUT2D eigenvalue weighted by Gasteiger charge is -2.41. The maximum Gasteiger partial charge on any atom is 0.417 e. The third kappa shape index (κ3) is 3.56. The number of benzene rings is 2. The summed E-state index contributed by atoms with van der Waals surface area (Å²) in [5.74, 6) is -0.491. The Hall–Kier alpha value is -3.95. The summed E-state index contributed by atoms with van der Waals surface area (Å²) in [6.45, 7) is 3.63. The van der Waals surface area contributed by atoms with Crippen molar-refractivity contribution in [1.82, 2.24) is 9.88 Å². The Bertz CT molecular complexity index is 1230. The molecule has 0 saturated carbocycles. The molecule has 0 radical (unpaired) electrons. The van der Waals surface area contributed by atoms with Crippen LogP contribution in [0.1, 0.15) is 6.92 Å². The molecule has 31 heavy (non-hydrogen) atoms. The van der Waals surface area contributed by atoms with Crippen LogP contribution in [-0.2, 0) is 9.59 Å². The van der Waals surface area contributed by atoms with Gasteiger partial charge in [0.25, 0.3) is 0 Å². The van der Waals surface area contributed by atoms with Crippen molar-refractivity contribution in [2.75, 3.05) is 36.6 Å². The number of aromatic amines is 1. The summed E-state index contributed by atoms with van der Waals surface area (Å²) in [4.78, 5) is 42.7. The predicted molar refractivity (Wildman–Crippen MR) is 111 cm³/mol. The Morgan fingerprint density at radius 3 is 2.77 bits per heavy atom. The van der Waals surface area contributed by atoms with E-state index in [1.165, 1.54) is 6.07 Å². The number of carbonyl (C=O) groups is 2. The Labute approximate surface area is 176 Å². The molecule has 10 nitrogen and oxygen atoms in total. The maximum absolute atomic E-state index is 12.7. The second kappa shape index (κ2) is 7.38. The van der Waals surface area contributed by atoms with Gasteiger partial charge in [0.15, 0.2) is 17.1 Å². The number of nitrogens with one attached hydrogen (secondary N) is 2. The van der Waals surface area contributed by atoms with Crippen LogP contribution in [-0.4, -0.2) is 54.2 Å². The molecule has 2 aromatic carbocycles. The fraction of sp³-hybridized carbons (Fsp3) is 0.286. The number of hydrogen-bond donors (Lipinski definition) is 2. The number of ether oxygens (including phenoxy) is 2. The number of piperazine rings is 1. The van der Waals surface area contributed by atoms with Crippen molar-refractivity contribution >= 4 is 34.3 Å². The molecule has 160 valence electrons. The Morgan fingerprint density at radius 1 is 1.10 bits per heavy atom. The van der Waals surface area contributed by atoms with Crippen LogP contribution in [0.4, 0.5) is 11.4 Å². The molecule has 10 heteroatoms.